The molecule has 0 unspecified atom stereocenters. The van der Waals surface area contributed by atoms with Gasteiger partial charge in [0.05, 0.1) is 6.61 Å². The van der Waals surface area contributed by atoms with Crippen LogP contribution in [0.3, 0.4) is 0 Å². The summed E-state index contributed by atoms with van der Waals surface area (Å²) in [6, 6.07) is -0.564. The maximum absolute atomic E-state index is 11.1. The molecule has 3 amide bonds. The van der Waals surface area contributed by atoms with Gasteiger partial charge in [-0.1, -0.05) is 13.8 Å². The van der Waals surface area contributed by atoms with E-state index in [9.17, 15) is 9.59 Å². The number of urea groups is 1. The van der Waals surface area contributed by atoms with Crippen molar-refractivity contribution in [3.8, 4) is 0 Å². The first-order valence-electron chi connectivity index (χ1n) is 4.71. The third kappa shape index (κ3) is 5.74. The van der Waals surface area contributed by atoms with Crippen LogP contribution in [0.25, 0.3) is 0 Å². The second kappa shape index (κ2) is 6.88. The number of nitrogens with two attached hydrogens (primary N) is 1. The number of hydrogen-bond donors (Lipinski definition) is 4. The Morgan fingerprint density at radius 3 is 2.33 bits per heavy atom. The molecule has 1 atom stereocenters. The highest BCUT2D eigenvalue weighted by molar-refractivity contribution is 5.74. The molecular formula is C8H18N4O3. The Morgan fingerprint density at radius 2 is 1.93 bits per heavy atom. The predicted molar refractivity (Wildman–Crippen MR) is 54.6 cm³/mol. The van der Waals surface area contributed by atoms with Crippen LogP contribution in [0.1, 0.15) is 20.8 Å². The summed E-state index contributed by atoms with van der Waals surface area (Å²) in [5.41, 5.74) is 1.91. The van der Waals surface area contributed by atoms with Crippen LogP contribution in [0.2, 0.25) is 0 Å². The van der Waals surface area contributed by atoms with Crippen LogP contribution in [0, 0.1) is 5.92 Å². The third-order valence-electron chi connectivity index (χ3n) is 1.63. The van der Waals surface area contributed by atoms with Crippen LogP contribution >= 0.6 is 0 Å². The number of rotatable bonds is 4. The van der Waals surface area contributed by atoms with E-state index in [1.807, 2.05) is 19.3 Å². The predicted octanol–water partition coefficient (Wildman–Crippen LogP) is -0.112. The van der Waals surface area contributed by atoms with Crippen molar-refractivity contribution >= 4 is 12.1 Å². The van der Waals surface area contributed by atoms with E-state index in [4.69, 9.17) is 5.84 Å². The Balaban J connectivity index is 4.16. The van der Waals surface area contributed by atoms with E-state index in [0.29, 0.717) is 0 Å². The van der Waals surface area contributed by atoms with Crippen molar-refractivity contribution in [3.05, 3.63) is 0 Å². The molecule has 0 aromatic carbocycles. The van der Waals surface area contributed by atoms with Gasteiger partial charge in [0.25, 0.3) is 0 Å². The SMILES string of the molecule is CCOC(=O)N[C@H](NC(=O)NN)C(C)C. The van der Waals surface area contributed by atoms with Crippen LogP contribution in [0.15, 0.2) is 0 Å². The van der Waals surface area contributed by atoms with Gasteiger partial charge in [0, 0.05) is 0 Å². The van der Waals surface area contributed by atoms with Crippen LogP contribution in [0.5, 0.6) is 0 Å². The number of carbonyl (C=O) groups excluding carboxylic acids is 2. The molecule has 7 nitrogen and oxygen atoms in total. The highest BCUT2D eigenvalue weighted by Gasteiger charge is 2.18. The van der Waals surface area contributed by atoms with Crippen molar-refractivity contribution in [1.82, 2.24) is 16.1 Å². The summed E-state index contributed by atoms with van der Waals surface area (Å²) < 4.78 is 4.68. The second-order valence-electron chi connectivity index (χ2n) is 3.20. The van der Waals surface area contributed by atoms with Gasteiger partial charge in [0.2, 0.25) is 0 Å². The number of hydrazine groups is 1. The van der Waals surface area contributed by atoms with Crippen molar-refractivity contribution in [2.24, 2.45) is 11.8 Å². The largest absolute Gasteiger partial charge is 0.450 e. The standard InChI is InChI=1S/C8H18N4O3/c1-4-15-8(14)11-6(5(2)3)10-7(13)12-9/h5-6H,4,9H2,1-3H3,(H,11,14)(H2,10,12,13)/t6-/m0/s1. The van der Waals surface area contributed by atoms with E-state index >= 15 is 0 Å². The Labute approximate surface area is 88.7 Å². The van der Waals surface area contributed by atoms with E-state index in [2.05, 4.69) is 15.4 Å². The number of nitrogens with one attached hydrogen (secondary N) is 3. The fourth-order valence-electron chi connectivity index (χ4n) is 0.852. The number of ether oxygens (including phenoxy) is 1. The van der Waals surface area contributed by atoms with Crippen molar-refractivity contribution in [1.29, 1.82) is 0 Å². The first-order chi connectivity index (χ1) is 7.01. The maximum Gasteiger partial charge on any atom is 0.408 e. The minimum absolute atomic E-state index is 0.0201. The summed E-state index contributed by atoms with van der Waals surface area (Å²) in [5, 5.41) is 4.96. The summed E-state index contributed by atoms with van der Waals surface area (Å²) in [6.45, 7) is 5.66. The van der Waals surface area contributed by atoms with Gasteiger partial charge in [0.1, 0.15) is 6.17 Å². The molecule has 15 heavy (non-hydrogen) atoms. The van der Waals surface area contributed by atoms with E-state index in [1.54, 1.807) is 6.92 Å². The molecule has 0 spiro atoms. The molecule has 0 heterocycles. The molecule has 0 aromatic rings. The zero-order chi connectivity index (χ0) is 11.8. The quantitative estimate of drug-likeness (QED) is 0.228. The van der Waals surface area contributed by atoms with Crippen molar-refractivity contribution in [2.75, 3.05) is 6.61 Å². The Hall–Kier alpha value is -1.50. The molecule has 0 aromatic heterocycles. The molecule has 0 rings (SSSR count). The van der Waals surface area contributed by atoms with Crippen LogP contribution in [-0.2, 0) is 4.74 Å². The van der Waals surface area contributed by atoms with Gasteiger partial charge in [-0.2, -0.15) is 0 Å². The normalized spacial score (nSPS) is 11.8. The van der Waals surface area contributed by atoms with Gasteiger partial charge in [-0.05, 0) is 12.8 Å². The molecule has 0 radical (unpaired) electrons. The fourth-order valence-corrected chi connectivity index (χ4v) is 0.852. The first kappa shape index (κ1) is 13.5. The van der Waals surface area contributed by atoms with Gasteiger partial charge in [-0.25, -0.2) is 15.4 Å². The Kier molecular flexibility index (Phi) is 6.19. The molecule has 0 aliphatic heterocycles. The minimum atomic E-state index is -0.575. The average molecular weight is 218 g/mol. The average Bonchev–Trinajstić information content (AvgIpc) is 2.16. The second-order valence-corrected chi connectivity index (χ2v) is 3.20. The number of alkyl carbamates (subject to hydrolysis) is 1. The van der Waals surface area contributed by atoms with E-state index in [0.717, 1.165) is 0 Å². The summed E-state index contributed by atoms with van der Waals surface area (Å²) in [6.07, 6.45) is -1.10. The molecule has 0 saturated carbocycles. The molecule has 0 saturated heterocycles. The molecule has 0 aliphatic carbocycles. The van der Waals surface area contributed by atoms with Crippen LogP contribution < -0.4 is 21.9 Å². The molecule has 0 bridgehead atoms. The fraction of sp³-hybridized carbons (Fsp3) is 0.750. The number of hydrogen-bond acceptors (Lipinski definition) is 4. The Morgan fingerprint density at radius 1 is 1.33 bits per heavy atom. The summed E-state index contributed by atoms with van der Waals surface area (Å²) in [5.74, 6) is 4.92. The smallest absolute Gasteiger partial charge is 0.408 e. The molecule has 0 fully saturated rings. The molecule has 88 valence electrons. The highest BCUT2D eigenvalue weighted by atomic mass is 16.5. The lowest BCUT2D eigenvalue weighted by atomic mass is 10.1. The van der Waals surface area contributed by atoms with Gasteiger partial charge < -0.3 is 15.4 Å². The van der Waals surface area contributed by atoms with Gasteiger partial charge in [-0.15, -0.1) is 0 Å². The number of carbonyl (C=O) groups is 2. The minimum Gasteiger partial charge on any atom is -0.450 e. The number of amides is 3. The van der Waals surface area contributed by atoms with Crippen LogP contribution in [0.4, 0.5) is 9.59 Å². The summed E-state index contributed by atoms with van der Waals surface area (Å²) in [7, 11) is 0. The third-order valence-corrected chi connectivity index (χ3v) is 1.63. The molecular weight excluding hydrogens is 200 g/mol. The molecule has 7 heteroatoms. The first-order valence-corrected chi connectivity index (χ1v) is 4.71. The van der Waals surface area contributed by atoms with E-state index in [-0.39, 0.29) is 12.5 Å². The molecule has 0 aliphatic rings. The van der Waals surface area contributed by atoms with Crippen molar-refractivity contribution < 1.29 is 14.3 Å². The lowest BCUT2D eigenvalue weighted by molar-refractivity contribution is 0.142. The Bertz CT molecular complexity index is 220. The van der Waals surface area contributed by atoms with Gasteiger partial charge in [-0.3, -0.25) is 5.43 Å². The monoisotopic (exact) mass is 218 g/mol. The zero-order valence-electron chi connectivity index (χ0n) is 9.16. The summed E-state index contributed by atoms with van der Waals surface area (Å²) >= 11 is 0. The van der Waals surface area contributed by atoms with Gasteiger partial charge in [0.15, 0.2) is 0 Å². The lowest BCUT2D eigenvalue weighted by Crippen LogP contribution is -2.55. The zero-order valence-corrected chi connectivity index (χ0v) is 9.16. The summed E-state index contributed by atoms with van der Waals surface area (Å²) in [4.78, 5) is 22.0. The lowest BCUT2D eigenvalue weighted by Gasteiger charge is -2.22. The van der Waals surface area contributed by atoms with Crippen molar-refractivity contribution in [2.45, 2.75) is 26.9 Å². The maximum atomic E-state index is 11.1. The molecule has 5 N–H and O–H groups in total. The van der Waals surface area contributed by atoms with Gasteiger partial charge >= 0.3 is 12.1 Å². The highest BCUT2D eigenvalue weighted by Crippen LogP contribution is 1.98. The van der Waals surface area contributed by atoms with E-state index < -0.39 is 18.3 Å². The van der Waals surface area contributed by atoms with Crippen molar-refractivity contribution in [3.63, 3.8) is 0 Å². The van der Waals surface area contributed by atoms with Crippen LogP contribution in [-0.4, -0.2) is 24.9 Å². The topological polar surface area (TPSA) is 105 Å². The van der Waals surface area contributed by atoms with E-state index in [1.165, 1.54) is 0 Å².